The minimum Gasteiger partial charge on any atom is -0.488 e. The number of ether oxygens (including phenoxy) is 1. The maximum atomic E-state index is 13.3. The predicted molar refractivity (Wildman–Crippen MR) is 148 cm³/mol. The van der Waals surface area contributed by atoms with Crippen LogP contribution in [0.3, 0.4) is 0 Å². The molecule has 1 aliphatic heterocycles. The standard InChI is InChI=1S/C29H27NO4S2/c1-29(2,3)22-15-13-19(14-16-22)18-34-23-12-8-7-11-21(23)17-24-26(31)30(28(35)36-24)25(27(32)33)20-9-5-4-6-10-20/h4-17,25H,18H2,1-3H3,(H,32,33)/b24-17+. The van der Waals surface area contributed by atoms with Gasteiger partial charge in [-0.2, -0.15) is 0 Å². The number of carbonyl (C=O) groups excluding carboxylic acids is 1. The van der Waals surface area contributed by atoms with Crippen LogP contribution < -0.4 is 4.74 Å². The van der Waals surface area contributed by atoms with Crippen molar-refractivity contribution < 1.29 is 19.4 Å². The Morgan fingerprint density at radius 1 is 1.03 bits per heavy atom. The van der Waals surface area contributed by atoms with Crippen LogP contribution in [0.2, 0.25) is 0 Å². The minimum absolute atomic E-state index is 0.0816. The Hall–Kier alpha value is -3.42. The maximum Gasteiger partial charge on any atom is 0.331 e. The Kier molecular flexibility index (Phi) is 7.62. The second-order valence-corrected chi connectivity index (χ2v) is 11.2. The van der Waals surface area contributed by atoms with Crippen LogP contribution in [0.25, 0.3) is 6.08 Å². The summed E-state index contributed by atoms with van der Waals surface area (Å²) < 4.78 is 6.31. The third kappa shape index (κ3) is 5.69. The summed E-state index contributed by atoms with van der Waals surface area (Å²) in [5.74, 6) is -0.950. The summed E-state index contributed by atoms with van der Waals surface area (Å²) in [7, 11) is 0. The number of aliphatic carboxylic acids is 1. The third-order valence-corrected chi connectivity index (χ3v) is 7.18. The molecule has 7 heteroatoms. The fraction of sp³-hybridized carbons (Fsp3) is 0.207. The lowest BCUT2D eigenvalue weighted by Crippen LogP contribution is -2.37. The van der Waals surface area contributed by atoms with Gasteiger partial charge >= 0.3 is 5.97 Å². The maximum absolute atomic E-state index is 13.3. The predicted octanol–water partition coefficient (Wildman–Crippen LogP) is 6.59. The molecule has 36 heavy (non-hydrogen) atoms. The highest BCUT2D eigenvalue weighted by atomic mass is 32.2. The third-order valence-electron chi connectivity index (χ3n) is 5.85. The number of carboxylic acids is 1. The van der Waals surface area contributed by atoms with Gasteiger partial charge in [0.25, 0.3) is 5.91 Å². The van der Waals surface area contributed by atoms with Crippen molar-refractivity contribution in [3.8, 4) is 5.75 Å². The molecule has 1 amide bonds. The molecule has 1 fully saturated rings. The molecular weight excluding hydrogens is 490 g/mol. The first-order valence-corrected chi connectivity index (χ1v) is 12.7. The van der Waals surface area contributed by atoms with Gasteiger partial charge in [-0.25, -0.2) is 4.79 Å². The summed E-state index contributed by atoms with van der Waals surface area (Å²) in [4.78, 5) is 26.9. The summed E-state index contributed by atoms with van der Waals surface area (Å²) in [6.07, 6.45) is 1.71. The molecule has 3 aromatic rings. The number of amides is 1. The summed E-state index contributed by atoms with van der Waals surface area (Å²) in [5, 5.41) is 9.88. The molecule has 4 rings (SSSR count). The van der Waals surface area contributed by atoms with Gasteiger partial charge < -0.3 is 9.84 Å². The molecule has 0 bridgehead atoms. The number of thiocarbonyl (C=S) groups is 1. The second-order valence-electron chi connectivity index (χ2n) is 9.48. The largest absolute Gasteiger partial charge is 0.488 e. The molecule has 184 valence electrons. The normalized spacial score (nSPS) is 15.9. The molecule has 1 saturated heterocycles. The number of rotatable bonds is 7. The molecule has 1 heterocycles. The van der Waals surface area contributed by atoms with Gasteiger partial charge in [-0.05, 0) is 34.2 Å². The first-order chi connectivity index (χ1) is 17.1. The number of carbonyl (C=O) groups is 2. The van der Waals surface area contributed by atoms with E-state index in [0.717, 1.165) is 22.9 Å². The molecule has 0 aromatic heterocycles. The number of para-hydroxylation sites is 1. The second kappa shape index (κ2) is 10.7. The van der Waals surface area contributed by atoms with E-state index in [4.69, 9.17) is 17.0 Å². The van der Waals surface area contributed by atoms with Gasteiger partial charge in [0.2, 0.25) is 0 Å². The summed E-state index contributed by atoms with van der Waals surface area (Å²) >= 11 is 6.52. The number of thioether (sulfide) groups is 1. The van der Waals surface area contributed by atoms with Crippen molar-refractivity contribution in [2.45, 2.75) is 38.8 Å². The van der Waals surface area contributed by atoms with Crippen LogP contribution in [-0.4, -0.2) is 26.2 Å². The lowest BCUT2D eigenvalue weighted by molar-refractivity contribution is -0.145. The Morgan fingerprint density at radius 2 is 1.67 bits per heavy atom. The van der Waals surface area contributed by atoms with Gasteiger partial charge in [0, 0.05) is 5.56 Å². The zero-order valence-electron chi connectivity index (χ0n) is 20.3. The fourth-order valence-corrected chi connectivity index (χ4v) is 5.18. The van der Waals surface area contributed by atoms with Crippen molar-refractivity contribution in [2.75, 3.05) is 0 Å². The highest BCUT2D eigenvalue weighted by molar-refractivity contribution is 8.26. The fourth-order valence-electron chi connectivity index (χ4n) is 3.87. The Balaban J connectivity index is 1.55. The monoisotopic (exact) mass is 517 g/mol. The van der Waals surface area contributed by atoms with Crippen molar-refractivity contribution in [1.82, 2.24) is 4.90 Å². The van der Waals surface area contributed by atoms with Crippen molar-refractivity contribution >= 4 is 46.3 Å². The van der Waals surface area contributed by atoms with E-state index in [-0.39, 0.29) is 9.74 Å². The molecule has 0 radical (unpaired) electrons. The Morgan fingerprint density at radius 3 is 2.31 bits per heavy atom. The average molecular weight is 518 g/mol. The quantitative estimate of drug-likeness (QED) is 0.282. The first-order valence-electron chi connectivity index (χ1n) is 11.5. The molecule has 1 atom stereocenters. The molecule has 3 aromatic carbocycles. The van der Waals surface area contributed by atoms with Gasteiger partial charge in [-0.1, -0.05) is 118 Å². The lowest BCUT2D eigenvalue weighted by Gasteiger charge is -2.23. The van der Waals surface area contributed by atoms with E-state index in [9.17, 15) is 14.7 Å². The van der Waals surface area contributed by atoms with E-state index in [1.165, 1.54) is 10.5 Å². The Bertz CT molecular complexity index is 1310. The van der Waals surface area contributed by atoms with Crippen LogP contribution in [0, 0.1) is 0 Å². The number of benzene rings is 3. The zero-order chi connectivity index (χ0) is 25.9. The molecular formula is C29H27NO4S2. The van der Waals surface area contributed by atoms with E-state index in [1.807, 2.05) is 24.3 Å². The topological polar surface area (TPSA) is 66.8 Å². The average Bonchev–Trinajstić information content (AvgIpc) is 3.12. The highest BCUT2D eigenvalue weighted by Gasteiger charge is 2.41. The van der Waals surface area contributed by atoms with Crippen molar-refractivity contribution in [3.05, 3.63) is 106 Å². The van der Waals surface area contributed by atoms with Crippen LogP contribution in [0.5, 0.6) is 5.75 Å². The molecule has 1 aliphatic rings. The van der Waals surface area contributed by atoms with Gasteiger partial charge in [0.1, 0.15) is 16.7 Å². The van der Waals surface area contributed by atoms with Crippen LogP contribution in [-0.2, 0) is 21.6 Å². The van der Waals surface area contributed by atoms with Gasteiger partial charge in [-0.3, -0.25) is 9.69 Å². The number of hydrogen-bond acceptors (Lipinski definition) is 5. The molecule has 0 aliphatic carbocycles. The summed E-state index contributed by atoms with van der Waals surface area (Å²) in [5.41, 5.74) is 3.58. The number of hydrogen-bond donors (Lipinski definition) is 1. The van der Waals surface area contributed by atoms with E-state index in [0.29, 0.717) is 22.8 Å². The van der Waals surface area contributed by atoms with Gasteiger partial charge in [-0.15, -0.1) is 0 Å². The van der Waals surface area contributed by atoms with Crippen molar-refractivity contribution in [3.63, 3.8) is 0 Å². The Labute approximate surface area is 220 Å². The minimum atomic E-state index is -1.19. The van der Waals surface area contributed by atoms with Crippen molar-refractivity contribution in [2.24, 2.45) is 0 Å². The van der Waals surface area contributed by atoms with Crippen LogP contribution in [0.15, 0.2) is 83.8 Å². The summed E-state index contributed by atoms with van der Waals surface area (Å²) in [6.45, 7) is 6.91. The molecule has 1 unspecified atom stereocenters. The van der Waals surface area contributed by atoms with Crippen LogP contribution in [0.4, 0.5) is 0 Å². The van der Waals surface area contributed by atoms with E-state index < -0.39 is 17.9 Å². The zero-order valence-corrected chi connectivity index (χ0v) is 21.9. The summed E-state index contributed by atoms with van der Waals surface area (Å²) in [6, 6.07) is 23.2. The number of nitrogens with zero attached hydrogens (tertiary/aromatic N) is 1. The van der Waals surface area contributed by atoms with Crippen LogP contribution in [0.1, 0.15) is 49.1 Å². The molecule has 0 spiro atoms. The highest BCUT2D eigenvalue weighted by Crippen LogP contribution is 2.39. The van der Waals surface area contributed by atoms with E-state index in [2.05, 4.69) is 45.0 Å². The van der Waals surface area contributed by atoms with E-state index >= 15 is 0 Å². The first kappa shape index (κ1) is 25.7. The number of carboxylic acid groups (broad SMARTS) is 1. The van der Waals surface area contributed by atoms with Gasteiger partial charge in [0.05, 0.1) is 4.91 Å². The SMILES string of the molecule is CC(C)(C)c1ccc(COc2ccccc2/C=C2/SC(=S)N(C(C(=O)O)c3ccccc3)C2=O)cc1. The van der Waals surface area contributed by atoms with E-state index in [1.54, 1.807) is 36.4 Å². The van der Waals surface area contributed by atoms with Crippen molar-refractivity contribution in [1.29, 1.82) is 0 Å². The molecule has 1 N–H and O–H groups in total. The molecule has 5 nitrogen and oxygen atoms in total. The van der Waals surface area contributed by atoms with Gasteiger partial charge in [0.15, 0.2) is 6.04 Å². The molecule has 0 saturated carbocycles. The smallest absolute Gasteiger partial charge is 0.331 e. The lowest BCUT2D eigenvalue weighted by atomic mass is 9.87. The van der Waals surface area contributed by atoms with Crippen LogP contribution >= 0.6 is 24.0 Å².